The van der Waals surface area contributed by atoms with E-state index in [1.807, 2.05) is 0 Å². The number of nitrogens with zero attached hydrogens (tertiary/aromatic N) is 1. The van der Waals surface area contributed by atoms with Gasteiger partial charge >= 0.3 is 0 Å². The van der Waals surface area contributed by atoms with Crippen molar-refractivity contribution in [2.75, 3.05) is 13.1 Å². The van der Waals surface area contributed by atoms with Crippen molar-refractivity contribution in [1.82, 2.24) is 4.90 Å². The molecule has 4 heteroatoms. The summed E-state index contributed by atoms with van der Waals surface area (Å²) in [5, 5.41) is 0. The van der Waals surface area contributed by atoms with Gasteiger partial charge in [0, 0.05) is 16.9 Å². The monoisotopic (exact) mass is 317 g/mol. The number of benzene rings is 1. The lowest BCUT2D eigenvalue weighted by molar-refractivity contribution is 0.176. The third kappa shape index (κ3) is 3.29. The van der Waals surface area contributed by atoms with Crippen molar-refractivity contribution >= 4 is 15.9 Å². The average molecular weight is 318 g/mol. The van der Waals surface area contributed by atoms with Crippen LogP contribution >= 0.6 is 15.9 Å². The van der Waals surface area contributed by atoms with Gasteiger partial charge in [0.15, 0.2) is 11.6 Å². The molecule has 1 unspecified atom stereocenters. The van der Waals surface area contributed by atoms with Crippen LogP contribution in [0.5, 0.6) is 0 Å². The van der Waals surface area contributed by atoms with Gasteiger partial charge in [0.25, 0.3) is 0 Å². The van der Waals surface area contributed by atoms with E-state index in [0.717, 1.165) is 32.0 Å². The Morgan fingerprint density at radius 3 is 2.61 bits per heavy atom. The number of hydrogen-bond acceptors (Lipinski definition) is 1. The van der Waals surface area contributed by atoms with Gasteiger partial charge in [-0.15, -0.1) is 0 Å². The lowest BCUT2D eigenvalue weighted by Crippen LogP contribution is -2.35. The molecule has 0 saturated carbocycles. The summed E-state index contributed by atoms with van der Waals surface area (Å²) in [6, 6.07) is 4.40. The topological polar surface area (TPSA) is 3.24 Å². The number of rotatable bonds is 3. The lowest BCUT2D eigenvalue weighted by Gasteiger charge is -2.33. The minimum absolute atomic E-state index is 0.459. The summed E-state index contributed by atoms with van der Waals surface area (Å²) < 4.78 is 26.7. The molecule has 0 bridgehead atoms. The molecule has 1 aliphatic rings. The third-order valence-corrected chi connectivity index (χ3v) is 4.45. The van der Waals surface area contributed by atoms with E-state index in [9.17, 15) is 8.78 Å². The van der Waals surface area contributed by atoms with Crippen LogP contribution in [0.25, 0.3) is 0 Å². The zero-order valence-electron chi connectivity index (χ0n) is 10.5. The Morgan fingerprint density at radius 1 is 1.33 bits per heavy atom. The number of likely N-dealkylation sites (tertiary alicyclic amines) is 1. The molecule has 0 aromatic heterocycles. The lowest BCUT2D eigenvalue weighted by atomic mass is 9.94. The van der Waals surface area contributed by atoms with E-state index >= 15 is 0 Å². The molecular formula is C14H18BrF2N. The molecule has 1 aliphatic heterocycles. The Bertz CT molecular complexity index is 401. The highest BCUT2D eigenvalue weighted by Crippen LogP contribution is 2.26. The highest BCUT2D eigenvalue weighted by molar-refractivity contribution is 9.09. The maximum absolute atomic E-state index is 13.6. The molecule has 2 rings (SSSR count). The van der Waals surface area contributed by atoms with Crippen molar-refractivity contribution in [3.63, 3.8) is 0 Å². The number of alkyl halides is 1. The normalized spacial score (nSPS) is 20.0. The molecule has 0 aliphatic carbocycles. The van der Waals surface area contributed by atoms with E-state index in [4.69, 9.17) is 0 Å². The number of hydrogen-bond donors (Lipinski definition) is 0. The van der Waals surface area contributed by atoms with Crippen molar-refractivity contribution in [3.8, 4) is 0 Å². The van der Waals surface area contributed by atoms with Gasteiger partial charge in [-0.05, 0) is 37.9 Å². The molecule has 1 aromatic carbocycles. The molecule has 1 aromatic rings. The Balaban J connectivity index is 1.94. The summed E-state index contributed by atoms with van der Waals surface area (Å²) in [5.74, 6) is -0.761. The summed E-state index contributed by atoms with van der Waals surface area (Å²) in [5.41, 5.74) is 0.459. The average Bonchev–Trinajstić information content (AvgIpc) is 2.36. The predicted molar refractivity (Wildman–Crippen MR) is 72.7 cm³/mol. The minimum atomic E-state index is -0.753. The number of halogens is 3. The van der Waals surface area contributed by atoms with Gasteiger partial charge in [0.1, 0.15) is 0 Å². The molecule has 1 saturated heterocycles. The summed E-state index contributed by atoms with van der Waals surface area (Å²) >= 11 is 3.62. The van der Waals surface area contributed by atoms with E-state index in [-0.39, 0.29) is 0 Å². The van der Waals surface area contributed by atoms with Crippen LogP contribution in [-0.4, -0.2) is 22.8 Å². The zero-order chi connectivity index (χ0) is 13.1. The van der Waals surface area contributed by atoms with E-state index < -0.39 is 11.6 Å². The van der Waals surface area contributed by atoms with Crippen LogP contribution < -0.4 is 0 Å². The molecule has 18 heavy (non-hydrogen) atoms. The molecule has 100 valence electrons. The molecule has 1 heterocycles. The van der Waals surface area contributed by atoms with Gasteiger partial charge < -0.3 is 0 Å². The Kier molecular flexibility index (Phi) is 4.73. The molecular weight excluding hydrogens is 300 g/mol. The zero-order valence-corrected chi connectivity index (χ0v) is 12.1. The van der Waals surface area contributed by atoms with Gasteiger partial charge in [0.2, 0.25) is 0 Å². The van der Waals surface area contributed by atoms with Crippen LogP contribution in [0.1, 0.15) is 25.3 Å². The summed E-state index contributed by atoms with van der Waals surface area (Å²) in [6.07, 6.45) is 2.23. The van der Waals surface area contributed by atoms with Crippen LogP contribution in [0.4, 0.5) is 8.78 Å². The Hall–Kier alpha value is -0.480. The molecule has 1 nitrogen and oxygen atoms in total. The second-order valence-electron chi connectivity index (χ2n) is 5.00. The largest absolute Gasteiger partial charge is 0.299 e. The van der Waals surface area contributed by atoms with Crippen LogP contribution in [0.2, 0.25) is 0 Å². The van der Waals surface area contributed by atoms with Gasteiger partial charge in [-0.3, -0.25) is 4.90 Å². The van der Waals surface area contributed by atoms with E-state index in [0.29, 0.717) is 22.9 Å². The van der Waals surface area contributed by atoms with Crippen LogP contribution in [0, 0.1) is 17.6 Å². The van der Waals surface area contributed by atoms with Gasteiger partial charge in [-0.2, -0.15) is 0 Å². The summed E-state index contributed by atoms with van der Waals surface area (Å²) in [6.45, 7) is 4.59. The maximum Gasteiger partial charge on any atom is 0.163 e. The summed E-state index contributed by atoms with van der Waals surface area (Å²) in [7, 11) is 0. The highest BCUT2D eigenvalue weighted by Gasteiger charge is 2.23. The van der Waals surface area contributed by atoms with Crippen molar-refractivity contribution in [2.45, 2.75) is 31.1 Å². The van der Waals surface area contributed by atoms with Crippen molar-refractivity contribution in [2.24, 2.45) is 5.92 Å². The molecule has 1 atom stereocenters. The second-order valence-corrected chi connectivity index (χ2v) is 6.45. The minimum Gasteiger partial charge on any atom is -0.299 e. The first kappa shape index (κ1) is 13.9. The van der Waals surface area contributed by atoms with Crippen LogP contribution in [0.15, 0.2) is 18.2 Å². The van der Waals surface area contributed by atoms with Crippen LogP contribution in [0.3, 0.4) is 0 Å². The first-order valence-electron chi connectivity index (χ1n) is 6.37. The first-order chi connectivity index (χ1) is 8.58. The third-order valence-electron chi connectivity index (χ3n) is 3.71. The fourth-order valence-electron chi connectivity index (χ4n) is 2.48. The van der Waals surface area contributed by atoms with E-state index in [1.54, 1.807) is 12.1 Å². The predicted octanol–water partition coefficient (Wildman–Crippen LogP) is 3.96. The number of piperidine rings is 1. The maximum atomic E-state index is 13.6. The highest BCUT2D eigenvalue weighted by atomic mass is 79.9. The van der Waals surface area contributed by atoms with Crippen molar-refractivity contribution in [3.05, 3.63) is 35.4 Å². The van der Waals surface area contributed by atoms with Crippen molar-refractivity contribution < 1.29 is 8.78 Å². The van der Waals surface area contributed by atoms with E-state index in [2.05, 4.69) is 27.8 Å². The fourth-order valence-corrected chi connectivity index (χ4v) is 3.01. The SMILES string of the molecule is CC(Br)C1CCN(Cc2cccc(F)c2F)CC1. The molecule has 0 spiro atoms. The fraction of sp³-hybridized carbons (Fsp3) is 0.571. The second kappa shape index (κ2) is 6.11. The van der Waals surface area contributed by atoms with Crippen molar-refractivity contribution in [1.29, 1.82) is 0 Å². The molecule has 1 fully saturated rings. The summed E-state index contributed by atoms with van der Waals surface area (Å²) in [4.78, 5) is 2.73. The molecule has 0 amide bonds. The molecule has 0 radical (unpaired) electrons. The quantitative estimate of drug-likeness (QED) is 0.763. The van der Waals surface area contributed by atoms with Gasteiger partial charge in [-0.25, -0.2) is 8.78 Å². The van der Waals surface area contributed by atoms with Crippen LogP contribution in [-0.2, 0) is 6.54 Å². The Labute approximate surface area is 115 Å². The van der Waals surface area contributed by atoms with Gasteiger partial charge in [0.05, 0.1) is 0 Å². The Morgan fingerprint density at radius 2 is 2.00 bits per heavy atom. The van der Waals surface area contributed by atoms with E-state index in [1.165, 1.54) is 0 Å². The molecule has 0 N–H and O–H groups in total. The first-order valence-corrected chi connectivity index (χ1v) is 7.29. The smallest absolute Gasteiger partial charge is 0.163 e. The van der Waals surface area contributed by atoms with Gasteiger partial charge in [-0.1, -0.05) is 35.0 Å². The standard InChI is InChI=1S/C14H18BrF2N/c1-10(15)11-5-7-18(8-6-11)9-12-3-2-4-13(16)14(12)17/h2-4,10-11H,5-9H2,1H3.